The zero-order chi connectivity index (χ0) is 12.5. The van der Waals surface area contributed by atoms with Crippen LogP contribution in [0.2, 0.25) is 0 Å². The molecule has 0 unspecified atom stereocenters. The molecule has 2 heterocycles. The van der Waals surface area contributed by atoms with Crippen LogP contribution in [0.4, 0.5) is 5.82 Å². The predicted octanol–water partition coefficient (Wildman–Crippen LogP) is 2.40. The third-order valence-corrected chi connectivity index (χ3v) is 2.99. The second-order valence-electron chi connectivity index (χ2n) is 3.77. The molecule has 1 aromatic carbocycles. The molecule has 3 rings (SSSR count). The van der Waals surface area contributed by atoms with Crippen LogP contribution in [0.15, 0.2) is 53.4 Å². The van der Waals surface area contributed by atoms with E-state index in [4.69, 9.17) is 5.73 Å². The molecule has 0 saturated heterocycles. The molecule has 0 fully saturated rings. The highest BCUT2D eigenvalue weighted by Gasteiger charge is 2.11. The van der Waals surface area contributed by atoms with Crippen LogP contribution in [0.1, 0.15) is 0 Å². The van der Waals surface area contributed by atoms with E-state index in [9.17, 15) is 0 Å². The van der Waals surface area contributed by atoms with Crippen LogP contribution in [-0.4, -0.2) is 19.6 Å². The minimum atomic E-state index is 0.553. The number of nitrogens with zero attached hydrogens (tertiary/aromatic N) is 4. The lowest BCUT2D eigenvalue weighted by Gasteiger charge is -2.04. The fraction of sp³-hybridized carbons (Fsp3) is 0. The zero-order valence-electron chi connectivity index (χ0n) is 9.36. The molecule has 0 saturated carbocycles. The molecule has 0 amide bonds. The monoisotopic (exact) mass is 303 g/mol. The molecular weight excluding hydrogens is 294 g/mol. The van der Waals surface area contributed by atoms with Gasteiger partial charge in [-0.3, -0.25) is 0 Å². The summed E-state index contributed by atoms with van der Waals surface area (Å²) in [7, 11) is 0. The summed E-state index contributed by atoms with van der Waals surface area (Å²) < 4.78 is 4.27. The van der Waals surface area contributed by atoms with Crippen molar-refractivity contribution in [2.45, 2.75) is 0 Å². The molecule has 2 aromatic heterocycles. The van der Waals surface area contributed by atoms with E-state index in [1.807, 2.05) is 36.5 Å². The smallest absolute Gasteiger partial charge is 0.153 e. The van der Waals surface area contributed by atoms with Crippen molar-refractivity contribution in [1.82, 2.24) is 19.6 Å². The Morgan fingerprint density at radius 2 is 1.83 bits per heavy atom. The van der Waals surface area contributed by atoms with E-state index in [1.54, 1.807) is 21.8 Å². The average Bonchev–Trinajstić information content (AvgIpc) is 2.97. The Morgan fingerprint density at radius 1 is 1.06 bits per heavy atom. The van der Waals surface area contributed by atoms with Gasteiger partial charge in [0, 0.05) is 6.20 Å². The third-order valence-electron chi connectivity index (χ3n) is 2.58. The molecule has 0 spiro atoms. The summed E-state index contributed by atoms with van der Waals surface area (Å²) >= 11 is 3.35. The number of nitrogens with two attached hydrogens (primary N) is 1. The SMILES string of the molecule is Nc1c(-n2cc(Br)cn2)cnn1-c1ccccc1. The number of para-hydroxylation sites is 1. The van der Waals surface area contributed by atoms with Gasteiger partial charge in [-0.25, -0.2) is 9.36 Å². The maximum atomic E-state index is 6.10. The van der Waals surface area contributed by atoms with Crippen molar-refractivity contribution in [2.75, 3.05) is 5.73 Å². The molecule has 0 bridgehead atoms. The Balaban J connectivity index is 2.08. The van der Waals surface area contributed by atoms with Gasteiger partial charge in [0.15, 0.2) is 5.82 Å². The summed E-state index contributed by atoms with van der Waals surface area (Å²) in [6, 6.07) is 9.74. The minimum absolute atomic E-state index is 0.553. The van der Waals surface area contributed by atoms with Crippen LogP contribution >= 0.6 is 15.9 Å². The van der Waals surface area contributed by atoms with Gasteiger partial charge < -0.3 is 5.73 Å². The molecule has 0 aliphatic heterocycles. The number of halogens is 1. The fourth-order valence-corrected chi connectivity index (χ4v) is 2.02. The van der Waals surface area contributed by atoms with E-state index >= 15 is 0 Å². The van der Waals surface area contributed by atoms with Gasteiger partial charge in [0.1, 0.15) is 5.69 Å². The van der Waals surface area contributed by atoms with Crippen molar-refractivity contribution >= 4 is 21.7 Å². The van der Waals surface area contributed by atoms with Crippen molar-refractivity contribution in [2.24, 2.45) is 0 Å². The first-order valence-corrected chi connectivity index (χ1v) is 6.14. The van der Waals surface area contributed by atoms with Gasteiger partial charge in [-0.15, -0.1) is 0 Å². The quantitative estimate of drug-likeness (QED) is 0.791. The lowest BCUT2D eigenvalue weighted by molar-refractivity contribution is 0.878. The van der Waals surface area contributed by atoms with E-state index in [-0.39, 0.29) is 0 Å². The van der Waals surface area contributed by atoms with E-state index in [2.05, 4.69) is 26.1 Å². The van der Waals surface area contributed by atoms with Crippen LogP contribution in [0.3, 0.4) is 0 Å². The van der Waals surface area contributed by atoms with Crippen LogP contribution in [0, 0.1) is 0 Å². The minimum Gasteiger partial charge on any atom is -0.382 e. The first kappa shape index (κ1) is 11.0. The van der Waals surface area contributed by atoms with Crippen LogP contribution in [0.5, 0.6) is 0 Å². The maximum absolute atomic E-state index is 6.10. The Kier molecular flexibility index (Phi) is 2.64. The number of nitrogen functional groups attached to an aromatic ring is 1. The molecule has 6 heteroatoms. The third kappa shape index (κ3) is 1.80. The molecule has 0 aliphatic carbocycles. The lowest BCUT2D eigenvalue weighted by Crippen LogP contribution is -2.04. The van der Waals surface area contributed by atoms with Crippen molar-refractivity contribution in [3.05, 3.63) is 53.4 Å². The van der Waals surface area contributed by atoms with Crippen LogP contribution in [0.25, 0.3) is 11.4 Å². The number of benzene rings is 1. The van der Waals surface area contributed by atoms with Crippen molar-refractivity contribution in [3.8, 4) is 11.4 Å². The number of anilines is 1. The predicted molar refractivity (Wildman–Crippen MR) is 72.8 cm³/mol. The molecule has 0 radical (unpaired) electrons. The summed E-state index contributed by atoms with van der Waals surface area (Å²) in [6.45, 7) is 0. The average molecular weight is 304 g/mol. The standard InChI is InChI=1S/C12H10BrN5/c13-9-6-15-17(8-9)11-7-16-18(12(11)14)10-4-2-1-3-5-10/h1-8H,14H2. The van der Waals surface area contributed by atoms with Gasteiger partial charge >= 0.3 is 0 Å². The maximum Gasteiger partial charge on any atom is 0.153 e. The largest absolute Gasteiger partial charge is 0.382 e. The normalized spacial score (nSPS) is 10.7. The Labute approximate surface area is 112 Å². The van der Waals surface area contributed by atoms with Gasteiger partial charge in [-0.2, -0.15) is 10.2 Å². The summed E-state index contributed by atoms with van der Waals surface area (Å²) in [4.78, 5) is 0. The highest BCUT2D eigenvalue weighted by Crippen LogP contribution is 2.21. The summed E-state index contributed by atoms with van der Waals surface area (Å²) in [5.41, 5.74) is 7.78. The Morgan fingerprint density at radius 3 is 2.50 bits per heavy atom. The molecule has 90 valence electrons. The second-order valence-corrected chi connectivity index (χ2v) is 4.68. The zero-order valence-corrected chi connectivity index (χ0v) is 10.9. The highest BCUT2D eigenvalue weighted by molar-refractivity contribution is 9.10. The number of aromatic nitrogens is 4. The van der Waals surface area contributed by atoms with Crippen molar-refractivity contribution in [3.63, 3.8) is 0 Å². The van der Waals surface area contributed by atoms with Gasteiger partial charge in [-0.1, -0.05) is 18.2 Å². The summed E-state index contributed by atoms with van der Waals surface area (Å²) in [5, 5.41) is 8.48. The topological polar surface area (TPSA) is 61.7 Å². The molecular formula is C12H10BrN5. The van der Waals surface area contributed by atoms with Crippen molar-refractivity contribution < 1.29 is 0 Å². The highest BCUT2D eigenvalue weighted by atomic mass is 79.9. The van der Waals surface area contributed by atoms with E-state index in [0.29, 0.717) is 5.82 Å². The van der Waals surface area contributed by atoms with Crippen LogP contribution < -0.4 is 5.73 Å². The number of hydrogen-bond acceptors (Lipinski definition) is 3. The Hall–Kier alpha value is -2.08. The van der Waals surface area contributed by atoms with Gasteiger partial charge in [0.25, 0.3) is 0 Å². The number of hydrogen-bond donors (Lipinski definition) is 1. The van der Waals surface area contributed by atoms with Gasteiger partial charge in [-0.05, 0) is 28.1 Å². The molecule has 18 heavy (non-hydrogen) atoms. The van der Waals surface area contributed by atoms with E-state index in [1.165, 1.54) is 0 Å². The number of rotatable bonds is 2. The molecule has 0 aliphatic rings. The summed E-state index contributed by atoms with van der Waals surface area (Å²) in [6.07, 6.45) is 5.24. The molecule has 3 aromatic rings. The van der Waals surface area contributed by atoms with E-state index < -0.39 is 0 Å². The molecule has 5 nitrogen and oxygen atoms in total. The van der Waals surface area contributed by atoms with Crippen molar-refractivity contribution in [1.29, 1.82) is 0 Å². The summed E-state index contributed by atoms with van der Waals surface area (Å²) in [5.74, 6) is 0.553. The lowest BCUT2D eigenvalue weighted by atomic mass is 10.3. The first-order chi connectivity index (χ1) is 8.75. The second kappa shape index (κ2) is 4.30. The molecule has 0 atom stereocenters. The molecule has 2 N–H and O–H groups in total. The van der Waals surface area contributed by atoms with Crippen LogP contribution in [-0.2, 0) is 0 Å². The van der Waals surface area contributed by atoms with E-state index in [0.717, 1.165) is 15.8 Å². The van der Waals surface area contributed by atoms with Gasteiger partial charge in [0.2, 0.25) is 0 Å². The Bertz CT molecular complexity index is 671. The van der Waals surface area contributed by atoms with Gasteiger partial charge in [0.05, 0.1) is 22.6 Å². The first-order valence-electron chi connectivity index (χ1n) is 5.35. The fourth-order valence-electron chi connectivity index (χ4n) is 1.73.